The number of aliphatic hydroxyl groups excluding tert-OH is 1. The molecule has 0 amide bonds. The number of hydrogen-bond donors (Lipinski definition) is 2. The summed E-state index contributed by atoms with van der Waals surface area (Å²) < 4.78 is 0. The van der Waals surface area contributed by atoms with Crippen LogP contribution in [0, 0.1) is 0 Å². The SMILES string of the molecule is OCc1ccc(C2NCCc3sccc32)cc1. The Kier molecular flexibility index (Phi) is 2.97. The predicted molar refractivity (Wildman–Crippen MR) is 70.2 cm³/mol. The standard InChI is InChI=1S/C14H15NOS/c16-9-10-1-3-11(4-2-10)14-12-6-8-17-13(12)5-7-15-14/h1-4,6,8,14-16H,5,7,9H2. The van der Waals surface area contributed by atoms with Crippen LogP contribution in [0.3, 0.4) is 0 Å². The minimum absolute atomic E-state index is 0.113. The maximum absolute atomic E-state index is 9.05. The Morgan fingerprint density at radius 1 is 1.24 bits per heavy atom. The van der Waals surface area contributed by atoms with Gasteiger partial charge in [0.2, 0.25) is 0 Å². The zero-order chi connectivity index (χ0) is 11.7. The summed E-state index contributed by atoms with van der Waals surface area (Å²) in [5, 5.41) is 14.8. The van der Waals surface area contributed by atoms with Gasteiger partial charge < -0.3 is 10.4 Å². The third-order valence-electron chi connectivity index (χ3n) is 3.29. The van der Waals surface area contributed by atoms with Crippen LogP contribution >= 0.6 is 11.3 Å². The Bertz CT molecular complexity index is 503. The van der Waals surface area contributed by atoms with Gasteiger partial charge >= 0.3 is 0 Å². The van der Waals surface area contributed by atoms with E-state index in [1.54, 1.807) is 0 Å². The number of nitrogens with one attached hydrogen (secondary N) is 1. The first-order valence-electron chi connectivity index (χ1n) is 5.88. The molecule has 2 N–H and O–H groups in total. The quantitative estimate of drug-likeness (QED) is 0.852. The van der Waals surface area contributed by atoms with Crippen LogP contribution in [0.2, 0.25) is 0 Å². The van der Waals surface area contributed by atoms with Crippen molar-refractivity contribution in [1.29, 1.82) is 0 Å². The van der Waals surface area contributed by atoms with E-state index < -0.39 is 0 Å². The van der Waals surface area contributed by atoms with Crippen LogP contribution in [0.4, 0.5) is 0 Å². The molecule has 1 aromatic heterocycles. The molecular formula is C14H15NOS. The van der Waals surface area contributed by atoms with E-state index in [4.69, 9.17) is 5.11 Å². The van der Waals surface area contributed by atoms with Crippen molar-refractivity contribution in [3.8, 4) is 0 Å². The van der Waals surface area contributed by atoms with Crippen LogP contribution < -0.4 is 5.32 Å². The molecule has 0 saturated carbocycles. The highest BCUT2D eigenvalue weighted by Crippen LogP contribution is 2.31. The topological polar surface area (TPSA) is 32.3 Å². The lowest BCUT2D eigenvalue weighted by Gasteiger charge is -2.24. The lowest BCUT2D eigenvalue weighted by Crippen LogP contribution is -2.29. The van der Waals surface area contributed by atoms with Gasteiger partial charge in [0.05, 0.1) is 12.6 Å². The van der Waals surface area contributed by atoms with Gasteiger partial charge in [-0.2, -0.15) is 0 Å². The molecule has 0 aliphatic carbocycles. The summed E-state index contributed by atoms with van der Waals surface area (Å²) in [7, 11) is 0. The number of thiophene rings is 1. The van der Waals surface area contributed by atoms with Gasteiger partial charge in [0.15, 0.2) is 0 Å². The molecule has 2 aromatic rings. The Morgan fingerprint density at radius 3 is 2.82 bits per heavy atom. The average Bonchev–Trinajstić information content (AvgIpc) is 2.87. The van der Waals surface area contributed by atoms with Gasteiger partial charge in [0, 0.05) is 11.4 Å². The van der Waals surface area contributed by atoms with E-state index in [-0.39, 0.29) is 6.61 Å². The molecule has 0 radical (unpaired) electrons. The number of rotatable bonds is 2. The highest BCUT2D eigenvalue weighted by atomic mass is 32.1. The van der Waals surface area contributed by atoms with Gasteiger partial charge in [0.25, 0.3) is 0 Å². The second-order valence-electron chi connectivity index (χ2n) is 4.34. The average molecular weight is 245 g/mol. The van der Waals surface area contributed by atoms with Gasteiger partial charge in [-0.1, -0.05) is 24.3 Å². The normalized spacial score (nSPS) is 19.0. The number of fused-ring (bicyclic) bond motifs is 1. The van der Waals surface area contributed by atoms with Crippen LogP contribution in [0.5, 0.6) is 0 Å². The maximum atomic E-state index is 9.05. The highest BCUT2D eigenvalue weighted by Gasteiger charge is 2.21. The minimum Gasteiger partial charge on any atom is -0.392 e. The molecule has 3 rings (SSSR count). The summed E-state index contributed by atoms with van der Waals surface area (Å²) in [5.74, 6) is 0. The molecule has 2 nitrogen and oxygen atoms in total. The lowest BCUT2D eigenvalue weighted by atomic mass is 9.95. The molecule has 3 heteroatoms. The van der Waals surface area contributed by atoms with Crippen molar-refractivity contribution in [2.75, 3.05) is 6.54 Å². The van der Waals surface area contributed by atoms with E-state index in [2.05, 4.69) is 28.9 Å². The van der Waals surface area contributed by atoms with E-state index >= 15 is 0 Å². The minimum atomic E-state index is 0.113. The van der Waals surface area contributed by atoms with Crippen molar-refractivity contribution in [2.45, 2.75) is 19.1 Å². The van der Waals surface area contributed by atoms with Gasteiger partial charge in [0.1, 0.15) is 0 Å². The first-order chi connectivity index (χ1) is 8.38. The van der Waals surface area contributed by atoms with Crippen molar-refractivity contribution in [3.05, 3.63) is 57.3 Å². The Labute approximate surface area is 105 Å². The van der Waals surface area contributed by atoms with E-state index in [9.17, 15) is 0 Å². The molecule has 1 atom stereocenters. The highest BCUT2D eigenvalue weighted by molar-refractivity contribution is 7.10. The van der Waals surface area contributed by atoms with Crippen molar-refractivity contribution in [3.63, 3.8) is 0 Å². The Balaban J connectivity index is 1.95. The molecule has 1 aliphatic heterocycles. The molecule has 0 spiro atoms. The molecule has 2 heterocycles. The van der Waals surface area contributed by atoms with Gasteiger partial charge in [-0.05, 0) is 34.6 Å². The van der Waals surface area contributed by atoms with E-state index in [0.29, 0.717) is 6.04 Å². The van der Waals surface area contributed by atoms with Crippen LogP contribution in [-0.2, 0) is 13.0 Å². The predicted octanol–water partition coefficient (Wildman–Crippen LogP) is 2.48. The van der Waals surface area contributed by atoms with Crippen LogP contribution in [0.15, 0.2) is 35.7 Å². The maximum Gasteiger partial charge on any atom is 0.0681 e. The fourth-order valence-electron chi connectivity index (χ4n) is 2.36. The van der Waals surface area contributed by atoms with Crippen LogP contribution in [0.1, 0.15) is 27.6 Å². The zero-order valence-electron chi connectivity index (χ0n) is 9.52. The summed E-state index contributed by atoms with van der Waals surface area (Å²) >= 11 is 1.85. The molecule has 1 aliphatic rings. The number of benzene rings is 1. The first-order valence-corrected chi connectivity index (χ1v) is 6.76. The summed E-state index contributed by atoms with van der Waals surface area (Å²) in [5.41, 5.74) is 3.66. The molecular weight excluding hydrogens is 230 g/mol. The van der Waals surface area contributed by atoms with E-state index in [1.165, 1.54) is 16.0 Å². The second-order valence-corrected chi connectivity index (χ2v) is 5.34. The van der Waals surface area contributed by atoms with Crippen LogP contribution in [0.25, 0.3) is 0 Å². The second kappa shape index (κ2) is 4.61. The summed E-state index contributed by atoms with van der Waals surface area (Å²) in [6, 6.07) is 10.7. The molecule has 88 valence electrons. The molecule has 0 saturated heterocycles. The molecule has 0 bridgehead atoms. The summed E-state index contributed by atoms with van der Waals surface area (Å²) in [6.45, 7) is 1.15. The van der Waals surface area contributed by atoms with E-state index in [1.807, 2.05) is 23.5 Å². The van der Waals surface area contributed by atoms with Gasteiger partial charge in [-0.15, -0.1) is 11.3 Å². The number of hydrogen-bond acceptors (Lipinski definition) is 3. The Morgan fingerprint density at radius 2 is 2.06 bits per heavy atom. The zero-order valence-corrected chi connectivity index (χ0v) is 10.3. The third kappa shape index (κ3) is 2.02. The van der Waals surface area contributed by atoms with Crippen molar-refractivity contribution in [1.82, 2.24) is 5.32 Å². The fraction of sp³-hybridized carbons (Fsp3) is 0.286. The monoisotopic (exact) mass is 245 g/mol. The van der Waals surface area contributed by atoms with Crippen LogP contribution in [-0.4, -0.2) is 11.7 Å². The van der Waals surface area contributed by atoms with Crippen molar-refractivity contribution >= 4 is 11.3 Å². The van der Waals surface area contributed by atoms with Gasteiger partial charge in [-0.25, -0.2) is 0 Å². The molecule has 0 fully saturated rings. The lowest BCUT2D eigenvalue weighted by molar-refractivity contribution is 0.282. The smallest absolute Gasteiger partial charge is 0.0681 e. The summed E-state index contributed by atoms with van der Waals surface area (Å²) in [6.07, 6.45) is 1.14. The van der Waals surface area contributed by atoms with Crippen molar-refractivity contribution < 1.29 is 5.11 Å². The molecule has 1 unspecified atom stereocenters. The van der Waals surface area contributed by atoms with Crippen molar-refractivity contribution in [2.24, 2.45) is 0 Å². The largest absolute Gasteiger partial charge is 0.392 e. The summed E-state index contributed by atoms with van der Waals surface area (Å²) in [4.78, 5) is 1.50. The fourth-order valence-corrected chi connectivity index (χ4v) is 3.28. The third-order valence-corrected chi connectivity index (χ3v) is 4.28. The van der Waals surface area contributed by atoms with E-state index in [0.717, 1.165) is 18.5 Å². The van der Waals surface area contributed by atoms with Gasteiger partial charge in [-0.3, -0.25) is 0 Å². The first kappa shape index (κ1) is 11.0. The molecule has 1 aromatic carbocycles. The Hall–Kier alpha value is -1.16. The molecule has 17 heavy (non-hydrogen) atoms. The number of aliphatic hydroxyl groups is 1.